The summed E-state index contributed by atoms with van der Waals surface area (Å²) in [7, 11) is 3.54. The molecule has 25 heavy (non-hydrogen) atoms. The molecule has 138 valence electrons. The van der Waals surface area contributed by atoms with E-state index < -0.39 is 11.0 Å². The van der Waals surface area contributed by atoms with Crippen LogP contribution in [0.5, 0.6) is 5.75 Å². The lowest BCUT2D eigenvalue weighted by molar-refractivity contribution is -0.384. The number of non-ortho nitro benzene ring substituents is 1. The van der Waals surface area contributed by atoms with Gasteiger partial charge in [0, 0.05) is 32.6 Å². The molecule has 1 aliphatic heterocycles. The number of nitro groups is 1. The van der Waals surface area contributed by atoms with Crippen molar-refractivity contribution in [3.8, 4) is 5.75 Å². The molecule has 8 heteroatoms. The third-order valence-electron chi connectivity index (χ3n) is 4.32. The highest BCUT2D eigenvalue weighted by Gasteiger charge is 2.26. The van der Waals surface area contributed by atoms with E-state index in [2.05, 4.69) is 4.90 Å². The van der Waals surface area contributed by atoms with E-state index in [1.54, 1.807) is 31.1 Å². The van der Waals surface area contributed by atoms with Crippen molar-refractivity contribution in [1.29, 1.82) is 0 Å². The van der Waals surface area contributed by atoms with Crippen LogP contribution in [0.3, 0.4) is 0 Å². The Kier molecular flexibility index (Phi) is 6.72. The molecule has 0 bridgehead atoms. The van der Waals surface area contributed by atoms with Gasteiger partial charge in [-0.15, -0.1) is 0 Å². The zero-order valence-corrected chi connectivity index (χ0v) is 14.6. The van der Waals surface area contributed by atoms with E-state index in [1.807, 2.05) is 0 Å². The summed E-state index contributed by atoms with van der Waals surface area (Å²) in [5.41, 5.74) is -0.0420. The normalized spacial score (nSPS) is 17.1. The minimum absolute atomic E-state index is 0.0420. The number of aliphatic hydroxyl groups is 1. The van der Waals surface area contributed by atoms with E-state index in [1.165, 1.54) is 12.1 Å². The minimum Gasteiger partial charge on any atom is -0.491 e. The van der Waals surface area contributed by atoms with Crippen LogP contribution in [0.1, 0.15) is 12.8 Å². The van der Waals surface area contributed by atoms with E-state index >= 15 is 0 Å². The first-order valence-electron chi connectivity index (χ1n) is 8.35. The fourth-order valence-corrected chi connectivity index (χ4v) is 2.96. The molecule has 1 amide bonds. The number of benzene rings is 1. The predicted octanol–water partition coefficient (Wildman–Crippen LogP) is 1.13. The summed E-state index contributed by atoms with van der Waals surface area (Å²) in [4.78, 5) is 25.9. The Balaban J connectivity index is 1.74. The van der Waals surface area contributed by atoms with Crippen molar-refractivity contribution < 1.29 is 19.6 Å². The molecule has 0 aromatic heterocycles. The Morgan fingerprint density at radius 3 is 2.72 bits per heavy atom. The number of aliphatic hydroxyl groups excluding tert-OH is 1. The van der Waals surface area contributed by atoms with Gasteiger partial charge in [-0.05, 0) is 32.0 Å². The summed E-state index contributed by atoms with van der Waals surface area (Å²) < 4.78 is 5.45. The van der Waals surface area contributed by atoms with Crippen molar-refractivity contribution in [2.45, 2.75) is 18.9 Å². The maximum absolute atomic E-state index is 12.0. The lowest BCUT2D eigenvalue weighted by Crippen LogP contribution is -2.43. The van der Waals surface area contributed by atoms with Gasteiger partial charge in [0.05, 0.1) is 11.0 Å². The van der Waals surface area contributed by atoms with Crippen molar-refractivity contribution >= 4 is 11.6 Å². The fourth-order valence-electron chi connectivity index (χ4n) is 2.96. The Morgan fingerprint density at radius 2 is 2.12 bits per heavy atom. The molecule has 1 saturated heterocycles. The molecule has 0 saturated carbocycles. The lowest BCUT2D eigenvalue weighted by Gasteiger charge is -2.33. The second-order valence-electron chi connectivity index (χ2n) is 6.53. The Morgan fingerprint density at radius 1 is 1.44 bits per heavy atom. The van der Waals surface area contributed by atoms with Crippen LogP contribution < -0.4 is 4.74 Å². The first-order valence-corrected chi connectivity index (χ1v) is 8.35. The van der Waals surface area contributed by atoms with Crippen molar-refractivity contribution in [2.75, 3.05) is 40.3 Å². The number of amides is 1. The zero-order valence-electron chi connectivity index (χ0n) is 14.6. The summed E-state index contributed by atoms with van der Waals surface area (Å²) in [6.07, 6.45) is 0.880. The number of nitrogens with zero attached hydrogens (tertiary/aromatic N) is 3. The van der Waals surface area contributed by atoms with Gasteiger partial charge >= 0.3 is 0 Å². The van der Waals surface area contributed by atoms with Gasteiger partial charge in [0.25, 0.3) is 5.69 Å². The quantitative estimate of drug-likeness (QED) is 0.584. The lowest BCUT2D eigenvalue weighted by atomic mass is 9.95. The van der Waals surface area contributed by atoms with Gasteiger partial charge in [-0.25, -0.2) is 0 Å². The standard InChI is InChI=1S/C17H25N3O5/c1-18(2)17(22)13-6-8-19(9-7-13)11-15(21)12-25-16-5-3-4-14(10-16)20(23)24/h3-5,10,13,15,21H,6-9,11-12H2,1-2H3. The number of nitro benzene ring substituents is 1. The Bertz CT molecular complexity index is 600. The van der Waals surface area contributed by atoms with Crippen molar-refractivity contribution in [3.63, 3.8) is 0 Å². The van der Waals surface area contributed by atoms with Gasteiger partial charge in [0.2, 0.25) is 5.91 Å². The summed E-state index contributed by atoms with van der Waals surface area (Å²) in [6, 6.07) is 5.90. The van der Waals surface area contributed by atoms with Crippen molar-refractivity contribution in [3.05, 3.63) is 34.4 Å². The largest absolute Gasteiger partial charge is 0.491 e. The average molecular weight is 351 g/mol. The molecule has 0 aliphatic carbocycles. The number of hydrogen-bond donors (Lipinski definition) is 1. The highest BCUT2D eigenvalue weighted by Crippen LogP contribution is 2.20. The molecule has 1 fully saturated rings. The Hall–Kier alpha value is -2.19. The molecule has 1 unspecified atom stereocenters. The van der Waals surface area contributed by atoms with Crippen LogP contribution in [0, 0.1) is 16.0 Å². The van der Waals surface area contributed by atoms with Crippen LogP contribution in [0.15, 0.2) is 24.3 Å². The van der Waals surface area contributed by atoms with Crippen LogP contribution in [0.25, 0.3) is 0 Å². The van der Waals surface area contributed by atoms with Gasteiger partial charge in [0.1, 0.15) is 18.5 Å². The van der Waals surface area contributed by atoms with Crippen LogP contribution in [0.4, 0.5) is 5.69 Å². The van der Waals surface area contributed by atoms with Gasteiger partial charge in [-0.3, -0.25) is 14.9 Å². The third kappa shape index (κ3) is 5.68. The number of β-amino-alcohol motifs (C(OH)–C–C–N with tert-alkyl or cyclic N) is 1. The van der Waals surface area contributed by atoms with E-state index in [9.17, 15) is 20.0 Å². The summed E-state index contributed by atoms with van der Waals surface area (Å²) in [6.45, 7) is 2.05. The summed E-state index contributed by atoms with van der Waals surface area (Å²) in [5.74, 6) is 0.585. The second-order valence-corrected chi connectivity index (χ2v) is 6.53. The van der Waals surface area contributed by atoms with Gasteiger partial charge in [-0.1, -0.05) is 6.07 Å². The molecule has 1 aromatic carbocycles. The summed E-state index contributed by atoms with van der Waals surface area (Å²) in [5, 5.41) is 20.9. The number of likely N-dealkylation sites (tertiary alicyclic amines) is 1. The van der Waals surface area contributed by atoms with Gasteiger partial charge in [-0.2, -0.15) is 0 Å². The molecular weight excluding hydrogens is 326 g/mol. The number of carbonyl (C=O) groups is 1. The molecule has 1 N–H and O–H groups in total. The van der Waals surface area contributed by atoms with Crippen LogP contribution in [0.2, 0.25) is 0 Å². The fraction of sp³-hybridized carbons (Fsp3) is 0.588. The van der Waals surface area contributed by atoms with Crippen LogP contribution in [-0.2, 0) is 4.79 Å². The molecule has 1 aliphatic rings. The van der Waals surface area contributed by atoms with Crippen molar-refractivity contribution in [2.24, 2.45) is 5.92 Å². The smallest absolute Gasteiger partial charge is 0.273 e. The summed E-state index contributed by atoms with van der Waals surface area (Å²) >= 11 is 0. The highest BCUT2D eigenvalue weighted by molar-refractivity contribution is 5.78. The maximum atomic E-state index is 12.0. The topological polar surface area (TPSA) is 96.2 Å². The predicted molar refractivity (Wildman–Crippen MR) is 92.5 cm³/mol. The monoisotopic (exact) mass is 351 g/mol. The maximum Gasteiger partial charge on any atom is 0.273 e. The van der Waals surface area contributed by atoms with Gasteiger partial charge in [0.15, 0.2) is 0 Å². The van der Waals surface area contributed by atoms with E-state index in [0.29, 0.717) is 12.3 Å². The first kappa shape index (κ1) is 19.1. The molecule has 0 radical (unpaired) electrons. The highest BCUT2D eigenvalue weighted by atomic mass is 16.6. The Labute approximate surface area is 147 Å². The SMILES string of the molecule is CN(C)C(=O)C1CCN(CC(O)COc2cccc([N+](=O)[O-])c2)CC1. The molecular formula is C17H25N3O5. The number of hydrogen-bond acceptors (Lipinski definition) is 6. The number of piperidine rings is 1. The molecule has 8 nitrogen and oxygen atoms in total. The second kappa shape index (κ2) is 8.77. The van der Waals surface area contributed by atoms with E-state index in [0.717, 1.165) is 25.9 Å². The number of carbonyl (C=O) groups excluding carboxylic acids is 1. The minimum atomic E-state index is -0.694. The van der Waals surface area contributed by atoms with Gasteiger partial charge < -0.3 is 19.6 Å². The average Bonchev–Trinajstić information content (AvgIpc) is 2.60. The number of ether oxygens (including phenoxy) is 1. The zero-order chi connectivity index (χ0) is 18.4. The van der Waals surface area contributed by atoms with E-state index in [-0.39, 0.29) is 24.1 Å². The van der Waals surface area contributed by atoms with Crippen LogP contribution in [-0.4, -0.2) is 72.2 Å². The molecule has 1 aromatic rings. The van der Waals surface area contributed by atoms with Crippen LogP contribution >= 0.6 is 0 Å². The molecule has 1 heterocycles. The van der Waals surface area contributed by atoms with E-state index in [4.69, 9.17) is 4.74 Å². The molecule has 0 spiro atoms. The third-order valence-corrected chi connectivity index (χ3v) is 4.32. The van der Waals surface area contributed by atoms with Crippen molar-refractivity contribution in [1.82, 2.24) is 9.80 Å². The first-order chi connectivity index (χ1) is 11.9. The number of rotatable bonds is 7. The molecule has 1 atom stereocenters. The molecule has 2 rings (SSSR count).